The zero-order chi connectivity index (χ0) is 8.69. The number of carbonyl (C=O) groups is 2. The van der Waals surface area contributed by atoms with Crippen LogP contribution < -0.4 is 0 Å². The van der Waals surface area contributed by atoms with E-state index in [-0.39, 0.29) is 32.6 Å². The van der Waals surface area contributed by atoms with Gasteiger partial charge in [-0.25, -0.2) is 0 Å². The molecule has 0 aliphatic heterocycles. The van der Waals surface area contributed by atoms with E-state index >= 15 is 0 Å². The first-order valence-electron chi connectivity index (χ1n) is 3.56. The number of hydrogen-bond acceptors (Lipinski definition) is 2. The number of carboxylic acids is 2. The Morgan fingerprint density at radius 2 is 1.17 bits per heavy atom. The van der Waals surface area contributed by atoms with E-state index in [1.54, 1.807) is 0 Å². The molecule has 0 aromatic heterocycles. The molecule has 0 amide bonds. The van der Waals surface area contributed by atoms with Gasteiger partial charge in [0.05, 0.1) is 0 Å². The summed E-state index contributed by atoms with van der Waals surface area (Å²) in [6, 6.07) is 0. The van der Waals surface area contributed by atoms with E-state index < -0.39 is 11.9 Å². The molecule has 0 saturated heterocycles. The average Bonchev–Trinajstić information content (AvgIpc) is 1.85. The fourth-order valence-corrected chi connectivity index (χ4v) is 0.729. The first-order chi connectivity index (χ1) is 5.13. The monoisotopic (exact) mass is 232 g/mol. The number of unbranched alkanes of at least 4 members (excludes halogenated alkanes) is 2. The van der Waals surface area contributed by atoms with Crippen molar-refractivity contribution in [3.05, 3.63) is 0 Å². The molecule has 0 radical (unpaired) electrons. The predicted molar refractivity (Wildman–Crippen MR) is 48.3 cm³/mol. The molecule has 0 saturated carbocycles. The number of hydrogen-bond donors (Lipinski definition) is 2. The van der Waals surface area contributed by atoms with Gasteiger partial charge in [-0.2, -0.15) is 0 Å². The van der Waals surface area contributed by atoms with Gasteiger partial charge in [0.25, 0.3) is 0 Å². The van der Waals surface area contributed by atoms with Crippen molar-refractivity contribution in [3.8, 4) is 0 Å². The van der Waals surface area contributed by atoms with Gasteiger partial charge in [0.2, 0.25) is 0 Å². The summed E-state index contributed by atoms with van der Waals surface area (Å²) in [4.78, 5) is 20.0. The van der Waals surface area contributed by atoms with Crippen LogP contribution in [0.5, 0.6) is 0 Å². The number of aliphatic carboxylic acids is 2. The Labute approximate surface area is 84.0 Å². The summed E-state index contributed by atoms with van der Waals surface area (Å²) in [5, 5.41) is 16.4. The summed E-state index contributed by atoms with van der Waals surface area (Å²) in [5.41, 5.74) is 0. The van der Waals surface area contributed by atoms with Gasteiger partial charge in [-0.3, -0.25) is 9.59 Å². The summed E-state index contributed by atoms with van der Waals surface area (Å²) in [7, 11) is 0. The van der Waals surface area contributed by atoms with Gasteiger partial charge in [0, 0.05) is 12.8 Å². The Bertz CT molecular complexity index is 130. The predicted octanol–water partition coefficient (Wildman–Crippen LogP) is -0.0778. The molecule has 0 aromatic rings. The minimum atomic E-state index is -0.819. The second kappa shape index (κ2) is 8.67. The van der Waals surface area contributed by atoms with E-state index in [0.717, 1.165) is 0 Å². The molecule has 0 bridgehead atoms. The van der Waals surface area contributed by atoms with E-state index in [1.165, 1.54) is 0 Å². The third-order valence-corrected chi connectivity index (χ3v) is 1.28. The van der Waals surface area contributed by atoms with Crippen molar-refractivity contribution in [1.29, 1.82) is 0 Å². The van der Waals surface area contributed by atoms with Crippen LogP contribution in [0.25, 0.3) is 0 Å². The normalized spacial score (nSPS) is 8.67. The molecular formula is C7H15GaO4. The van der Waals surface area contributed by atoms with Crippen molar-refractivity contribution >= 4 is 31.7 Å². The molecule has 0 heterocycles. The molecule has 70 valence electrons. The Kier molecular flexibility index (Phi) is 10.2. The summed E-state index contributed by atoms with van der Waals surface area (Å²) in [5.74, 6) is -1.64. The molecule has 0 fully saturated rings. The van der Waals surface area contributed by atoms with Crippen LogP contribution in [0.15, 0.2) is 0 Å². The molecule has 5 heteroatoms. The van der Waals surface area contributed by atoms with E-state index in [2.05, 4.69) is 0 Å². The minimum absolute atomic E-state index is 0. The Morgan fingerprint density at radius 3 is 1.42 bits per heavy atom. The second-order valence-electron chi connectivity index (χ2n) is 2.35. The third kappa shape index (κ3) is 12.3. The van der Waals surface area contributed by atoms with Gasteiger partial charge < -0.3 is 10.2 Å². The van der Waals surface area contributed by atoms with Gasteiger partial charge in [-0.15, -0.1) is 0 Å². The first-order valence-corrected chi connectivity index (χ1v) is 3.56. The molecule has 4 nitrogen and oxygen atoms in total. The maximum absolute atomic E-state index is 9.98. The van der Waals surface area contributed by atoms with Crippen LogP contribution in [0.4, 0.5) is 0 Å². The van der Waals surface area contributed by atoms with E-state index in [0.29, 0.717) is 19.3 Å². The standard InChI is InChI=1S/C7H12O4.Ga.3H/c8-6(9)4-2-1-3-5-7(10)11;;;;/h1-5H2,(H,8,9)(H,10,11);;;;. The van der Waals surface area contributed by atoms with Crippen LogP contribution in [-0.2, 0) is 9.59 Å². The van der Waals surface area contributed by atoms with E-state index in [1.807, 2.05) is 0 Å². The van der Waals surface area contributed by atoms with Crippen molar-refractivity contribution in [2.75, 3.05) is 0 Å². The first kappa shape index (κ1) is 14.1. The fourth-order valence-electron chi connectivity index (χ4n) is 0.729. The van der Waals surface area contributed by atoms with Gasteiger partial charge in [0.15, 0.2) is 0 Å². The maximum atomic E-state index is 9.98. The van der Waals surface area contributed by atoms with Crippen LogP contribution >= 0.6 is 0 Å². The molecule has 0 aromatic carbocycles. The summed E-state index contributed by atoms with van der Waals surface area (Å²) < 4.78 is 0. The Morgan fingerprint density at radius 1 is 0.833 bits per heavy atom. The number of rotatable bonds is 6. The molecule has 0 aliphatic carbocycles. The van der Waals surface area contributed by atoms with Gasteiger partial charge in [0.1, 0.15) is 0 Å². The quantitative estimate of drug-likeness (QED) is 0.497. The molecule has 0 atom stereocenters. The SMILES string of the molecule is O=C(O)CCCCCC(=O)O.[GaH3]. The molecule has 0 aliphatic rings. The van der Waals surface area contributed by atoms with E-state index in [4.69, 9.17) is 10.2 Å². The molecular weight excluding hydrogens is 218 g/mol. The summed E-state index contributed by atoms with van der Waals surface area (Å²) >= 11 is 0. The van der Waals surface area contributed by atoms with Gasteiger partial charge in [-0.05, 0) is 12.8 Å². The van der Waals surface area contributed by atoms with Crippen molar-refractivity contribution in [1.82, 2.24) is 0 Å². The third-order valence-electron chi connectivity index (χ3n) is 1.28. The molecule has 0 unspecified atom stereocenters. The molecule has 0 rings (SSSR count). The zero-order valence-electron chi connectivity index (χ0n) is 6.25. The van der Waals surface area contributed by atoms with Gasteiger partial charge in [-0.1, -0.05) is 6.42 Å². The van der Waals surface area contributed by atoms with Crippen LogP contribution in [0.2, 0.25) is 0 Å². The van der Waals surface area contributed by atoms with Gasteiger partial charge >= 0.3 is 31.7 Å². The van der Waals surface area contributed by atoms with Crippen molar-refractivity contribution in [2.24, 2.45) is 0 Å². The summed E-state index contributed by atoms with van der Waals surface area (Å²) in [6.45, 7) is 0. The van der Waals surface area contributed by atoms with Crippen molar-refractivity contribution in [2.45, 2.75) is 32.1 Å². The average molecular weight is 233 g/mol. The van der Waals surface area contributed by atoms with Crippen molar-refractivity contribution < 1.29 is 19.8 Å². The van der Waals surface area contributed by atoms with Crippen LogP contribution in [-0.4, -0.2) is 41.9 Å². The second-order valence-corrected chi connectivity index (χ2v) is 2.35. The molecule has 2 N–H and O–H groups in total. The molecule has 0 spiro atoms. The van der Waals surface area contributed by atoms with Crippen molar-refractivity contribution in [3.63, 3.8) is 0 Å². The topological polar surface area (TPSA) is 74.6 Å². The Hall–Kier alpha value is -0.424. The summed E-state index contributed by atoms with van der Waals surface area (Å²) in [6.07, 6.45) is 2.10. The fraction of sp³-hybridized carbons (Fsp3) is 0.714. The van der Waals surface area contributed by atoms with Crippen LogP contribution in [0, 0.1) is 0 Å². The zero-order valence-corrected chi connectivity index (χ0v) is 6.25. The number of carboxylic acid groups (broad SMARTS) is 2. The molecule has 12 heavy (non-hydrogen) atoms. The van der Waals surface area contributed by atoms with Crippen LogP contribution in [0.1, 0.15) is 32.1 Å². The van der Waals surface area contributed by atoms with Crippen LogP contribution in [0.3, 0.4) is 0 Å². The van der Waals surface area contributed by atoms with E-state index in [9.17, 15) is 9.59 Å². The Balaban J connectivity index is 0.